The predicted octanol–water partition coefficient (Wildman–Crippen LogP) is 2.12. The molecule has 1 aromatic carbocycles. The fourth-order valence-corrected chi connectivity index (χ4v) is 4.44. The molecule has 1 aliphatic heterocycles. The summed E-state index contributed by atoms with van der Waals surface area (Å²) in [7, 11) is -3.65. The summed E-state index contributed by atoms with van der Waals surface area (Å²) in [5, 5.41) is 3.71. The van der Waals surface area contributed by atoms with E-state index in [2.05, 4.69) is 5.32 Å². The Hall–Kier alpha value is -0.370. The predicted molar refractivity (Wildman–Crippen MR) is 83.4 cm³/mol. The van der Waals surface area contributed by atoms with Crippen LogP contribution in [0.5, 0.6) is 0 Å². The van der Waals surface area contributed by atoms with Gasteiger partial charge in [0.2, 0.25) is 10.0 Å². The summed E-state index contributed by atoms with van der Waals surface area (Å²) in [4.78, 5) is 0.0615. The second-order valence-corrected chi connectivity index (χ2v) is 7.39. The van der Waals surface area contributed by atoms with Crippen molar-refractivity contribution in [1.29, 1.82) is 0 Å². The SMILES string of the molecule is CCNCc1cc(Cl)cc(S(=O)(=O)N2CCOCC2)c1Cl. The first-order valence-electron chi connectivity index (χ1n) is 6.73. The third kappa shape index (κ3) is 3.88. The molecule has 0 atom stereocenters. The lowest BCUT2D eigenvalue weighted by molar-refractivity contribution is 0.0730. The molecule has 0 radical (unpaired) electrons. The minimum atomic E-state index is -3.65. The summed E-state index contributed by atoms with van der Waals surface area (Å²) in [6.07, 6.45) is 0. The summed E-state index contributed by atoms with van der Waals surface area (Å²) in [6.45, 7) is 4.63. The summed E-state index contributed by atoms with van der Waals surface area (Å²) >= 11 is 12.3. The first-order valence-corrected chi connectivity index (χ1v) is 8.93. The highest BCUT2D eigenvalue weighted by molar-refractivity contribution is 7.89. The topological polar surface area (TPSA) is 58.6 Å². The highest BCUT2D eigenvalue weighted by Gasteiger charge is 2.29. The van der Waals surface area contributed by atoms with Gasteiger partial charge in [0.1, 0.15) is 4.90 Å². The molecule has 0 aliphatic carbocycles. The van der Waals surface area contributed by atoms with E-state index in [1.807, 2.05) is 6.92 Å². The Morgan fingerprint density at radius 1 is 1.29 bits per heavy atom. The number of rotatable bonds is 5. The second kappa shape index (κ2) is 7.26. The minimum Gasteiger partial charge on any atom is -0.379 e. The van der Waals surface area contributed by atoms with Gasteiger partial charge in [-0.3, -0.25) is 0 Å². The summed E-state index contributed by atoms with van der Waals surface area (Å²) in [5.41, 5.74) is 0.679. The van der Waals surface area contributed by atoms with Crippen LogP contribution in [0.3, 0.4) is 0 Å². The van der Waals surface area contributed by atoms with Crippen molar-refractivity contribution in [3.8, 4) is 0 Å². The molecule has 1 fully saturated rings. The van der Waals surface area contributed by atoms with Crippen LogP contribution in [0.1, 0.15) is 12.5 Å². The van der Waals surface area contributed by atoms with Gasteiger partial charge < -0.3 is 10.1 Å². The number of hydrogen-bond acceptors (Lipinski definition) is 4. The van der Waals surface area contributed by atoms with Crippen LogP contribution in [-0.4, -0.2) is 45.6 Å². The number of sulfonamides is 1. The van der Waals surface area contributed by atoms with E-state index in [-0.39, 0.29) is 9.92 Å². The van der Waals surface area contributed by atoms with E-state index in [9.17, 15) is 8.42 Å². The van der Waals surface area contributed by atoms with E-state index in [1.54, 1.807) is 6.07 Å². The van der Waals surface area contributed by atoms with Crippen LogP contribution in [0.2, 0.25) is 10.0 Å². The zero-order valence-corrected chi connectivity index (χ0v) is 14.1. The molecule has 1 heterocycles. The van der Waals surface area contributed by atoms with Gasteiger partial charge in [-0.05, 0) is 24.2 Å². The van der Waals surface area contributed by atoms with Crippen molar-refractivity contribution in [2.24, 2.45) is 0 Å². The largest absolute Gasteiger partial charge is 0.379 e. The fraction of sp³-hybridized carbons (Fsp3) is 0.538. The maximum Gasteiger partial charge on any atom is 0.244 e. The molecular formula is C13H18Cl2N2O3S. The van der Waals surface area contributed by atoms with Crippen molar-refractivity contribution in [3.63, 3.8) is 0 Å². The molecule has 1 aliphatic rings. The van der Waals surface area contributed by atoms with Gasteiger partial charge in [0.25, 0.3) is 0 Å². The molecule has 0 unspecified atom stereocenters. The van der Waals surface area contributed by atoms with Crippen LogP contribution in [0.15, 0.2) is 17.0 Å². The Balaban J connectivity index is 2.39. The normalized spacial score (nSPS) is 17.1. The number of halogens is 2. The van der Waals surface area contributed by atoms with E-state index < -0.39 is 10.0 Å². The minimum absolute atomic E-state index is 0.0615. The fourth-order valence-electron chi connectivity index (χ4n) is 2.12. The van der Waals surface area contributed by atoms with Crippen molar-refractivity contribution < 1.29 is 13.2 Å². The van der Waals surface area contributed by atoms with Crippen LogP contribution in [0.4, 0.5) is 0 Å². The summed E-state index contributed by atoms with van der Waals surface area (Å²) in [5.74, 6) is 0. The van der Waals surface area contributed by atoms with Gasteiger partial charge in [0.15, 0.2) is 0 Å². The number of benzene rings is 1. The van der Waals surface area contributed by atoms with Gasteiger partial charge in [-0.25, -0.2) is 8.42 Å². The molecule has 5 nitrogen and oxygen atoms in total. The molecule has 21 heavy (non-hydrogen) atoms. The maximum atomic E-state index is 12.7. The molecule has 0 amide bonds. The van der Waals surface area contributed by atoms with E-state index in [0.29, 0.717) is 43.4 Å². The van der Waals surface area contributed by atoms with Crippen LogP contribution in [0, 0.1) is 0 Å². The van der Waals surface area contributed by atoms with Crippen molar-refractivity contribution in [2.45, 2.75) is 18.4 Å². The third-order valence-electron chi connectivity index (χ3n) is 3.23. The number of hydrogen-bond donors (Lipinski definition) is 1. The smallest absolute Gasteiger partial charge is 0.244 e. The van der Waals surface area contributed by atoms with Crippen LogP contribution in [-0.2, 0) is 21.3 Å². The van der Waals surface area contributed by atoms with E-state index in [1.165, 1.54) is 10.4 Å². The maximum absolute atomic E-state index is 12.7. The average molecular weight is 353 g/mol. The molecule has 2 rings (SSSR count). The molecular weight excluding hydrogens is 335 g/mol. The van der Waals surface area contributed by atoms with Gasteiger partial charge in [-0.1, -0.05) is 30.1 Å². The zero-order valence-electron chi connectivity index (χ0n) is 11.7. The molecule has 0 spiro atoms. The van der Waals surface area contributed by atoms with E-state index in [4.69, 9.17) is 27.9 Å². The first kappa shape index (κ1) is 17.0. The standard InChI is InChI=1S/C13H18Cl2N2O3S/c1-2-16-9-10-7-11(14)8-12(13(10)15)21(18,19)17-3-5-20-6-4-17/h7-8,16H,2-6,9H2,1H3. The second-order valence-electron chi connectivity index (χ2n) is 4.67. The molecule has 0 aromatic heterocycles. The molecule has 1 N–H and O–H groups in total. The van der Waals surface area contributed by atoms with Crippen molar-refractivity contribution in [3.05, 3.63) is 27.7 Å². The zero-order chi connectivity index (χ0) is 15.5. The molecule has 0 bridgehead atoms. The Bertz CT molecular complexity index is 602. The number of nitrogens with one attached hydrogen (secondary N) is 1. The number of morpholine rings is 1. The Morgan fingerprint density at radius 2 is 1.95 bits per heavy atom. The first-order chi connectivity index (χ1) is 9.96. The molecule has 1 saturated heterocycles. The van der Waals surface area contributed by atoms with Crippen LogP contribution < -0.4 is 5.32 Å². The Labute approximate surface area is 135 Å². The Kier molecular flexibility index (Phi) is 5.88. The van der Waals surface area contributed by atoms with Crippen molar-refractivity contribution in [2.75, 3.05) is 32.8 Å². The highest BCUT2D eigenvalue weighted by Crippen LogP contribution is 2.31. The quantitative estimate of drug-likeness (QED) is 0.881. The van der Waals surface area contributed by atoms with E-state index in [0.717, 1.165) is 6.54 Å². The number of ether oxygens (including phenoxy) is 1. The number of nitrogens with zero attached hydrogens (tertiary/aromatic N) is 1. The average Bonchev–Trinajstić information content (AvgIpc) is 2.48. The lowest BCUT2D eigenvalue weighted by Crippen LogP contribution is -2.40. The third-order valence-corrected chi connectivity index (χ3v) is 5.93. The summed E-state index contributed by atoms with van der Waals surface area (Å²) < 4.78 is 32.0. The van der Waals surface area contributed by atoms with Crippen molar-refractivity contribution >= 4 is 33.2 Å². The van der Waals surface area contributed by atoms with Gasteiger partial charge in [-0.15, -0.1) is 0 Å². The summed E-state index contributed by atoms with van der Waals surface area (Å²) in [6, 6.07) is 3.09. The van der Waals surface area contributed by atoms with Gasteiger partial charge >= 0.3 is 0 Å². The molecule has 1 aromatic rings. The Morgan fingerprint density at radius 3 is 2.57 bits per heavy atom. The van der Waals surface area contributed by atoms with Crippen LogP contribution >= 0.6 is 23.2 Å². The highest BCUT2D eigenvalue weighted by atomic mass is 35.5. The van der Waals surface area contributed by atoms with E-state index >= 15 is 0 Å². The lowest BCUT2D eigenvalue weighted by atomic mass is 10.2. The van der Waals surface area contributed by atoms with Gasteiger partial charge in [0.05, 0.1) is 18.2 Å². The lowest BCUT2D eigenvalue weighted by Gasteiger charge is -2.26. The monoisotopic (exact) mass is 352 g/mol. The van der Waals surface area contributed by atoms with Gasteiger partial charge in [0, 0.05) is 24.7 Å². The van der Waals surface area contributed by atoms with Crippen molar-refractivity contribution in [1.82, 2.24) is 9.62 Å². The van der Waals surface area contributed by atoms with Crippen LogP contribution in [0.25, 0.3) is 0 Å². The molecule has 118 valence electrons. The molecule has 0 saturated carbocycles. The van der Waals surface area contributed by atoms with Gasteiger partial charge in [-0.2, -0.15) is 4.31 Å². The molecule has 8 heteroatoms.